The largest absolute Gasteiger partial charge is 0.310 e. The van der Waals surface area contributed by atoms with Crippen LogP contribution in [0.5, 0.6) is 0 Å². The highest BCUT2D eigenvalue weighted by atomic mass is 15.1. The molecule has 0 fully saturated rings. The number of nitrogens with zero attached hydrogens (tertiary/aromatic N) is 1. The Hall–Kier alpha value is -6.70. The second-order valence-corrected chi connectivity index (χ2v) is 13.3. The summed E-state index contributed by atoms with van der Waals surface area (Å²) in [4.78, 5) is 2.42. The summed E-state index contributed by atoms with van der Waals surface area (Å²) >= 11 is 0. The smallest absolute Gasteiger partial charge is 0.0468 e. The van der Waals surface area contributed by atoms with Crippen molar-refractivity contribution in [3.8, 4) is 22.3 Å². The van der Waals surface area contributed by atoms with Crippen LogP contribution in [0.15, 0.2) is 200 Å². The van der Waals surface area contributed by atoms with Gasteiger partial charge in [-0.25, -0.2) is 0 Å². The van der Waals surface area contributed by atoms with Gasteiger partial charge in [0.1, 0.15) is 0 Å². The predicted molar refractivity (Wildman–Crippen MR) is 220 cm³/mol. The van der Waals surface area contributed by atoms with Gasteiger partial charge in [-0.3, -0.25) is 0 Å². The first kappa shape index (κ1) is 29.2. The van der Waals surface area contributed by atoms with E-state index in [2.05, 4.69) is 205 Å². The molecule has 10 aromatic rings. The Balaban J connectivity index is 1.17. The molecule has 0 saturated heterocycles. The lowest BCUT2D eigenvalue weighted by atomic mass is 9.94. The average molecular weight is 648 g/mol. The molecule has 1 nitrogen and oxygen atoms in total. The maximum Gasteiger partial charge on any atom is 0.0468 e. The molecule has 0 atom stereocenters. The van der Waals surface area contributed by atoms with Crippen LogP contribution in [-0.2, 0) is 0 Å². The number of rotatable bonds is 5. The van der Waals surface area contributed by atoms with Crippen molar-refractivity contribution >= 4 is 70.9 Å². The van der Waals surface area contributed by atoms with Crippen LogP contribution in [-0.4, -0.2) is 0 Å². The van der Waals surface area contributed by atoms with Gasteiger partial charge in [0, 0.05) is 17.1 Å². The van der Waals surface area contributed by atoms with E-state index < -0.39 is 0 Å². The fourth-order valence-electron chi connectivity index (χ4n) is 7.93. The summed E-state index contributed by atoms with van der Waals surface area (Å²) in [6, 6.07) is 73.1. The number of fused-ring (bicyclic) bond motifs is 9. The summed E-state index contributed by atoms with van der Waals surface area (Å²) < 4.78 is 0. The van der Waals surface area contributed by atoms with E-state index in [1.54, 1.807) is 0 Å². The van der Waals surface area contributed by atoms with Crippen LogP contribution in [0.3, 0.4) is 0 Å². The number of hydrogen-bond donors (Lipinski definition) is 0. The van der Waals surface area contributed by atoms with Gasteiger partial charge in [-0.05, 0) is 113 Å². The molecule has 0 bridgehead atoms. The van der Waals surface area contributed by atoms with Gasteiger partial charge in [0.15, 0.2) is 0 Å². The molecule has 0 heterocycles. The Bertz CT molecular complexity index is 2870. The third-order valence-electron chi connectivity index (χ3n) is 10.4. The lowest BCUT2D eigenvalue weighted by molar-refractivity contribution is 1.30. The fourth-order valence-corrected chi connectivity index (χ4v) is 7.93. The van der Waals surface area contributed by atoms with Gasteiger partial charge in [0.05, 0.1) is 0 Å². The van der Waals surface area contributed by atoms with Crippen molar-refractivity contribution in [2.24, 2.45) is 0 Å². The van der Waals surface area contributed by atoms with E-state index in [0.717, 1.165) is 17.1 Å². The molecular formula is C50H33N. The molecule has 10 rings (SSSR count). The van der Waals surface area contributed by atoms with Crippen LogP contribution in [0.4, 0.5) is 17.1 Å². The van der Waals surface area contributed by atoms with E-state index in [9.17, 15) is 0 Å². The van der Waals surface area contributed by atoms with Crippen molar-refractivity contribution in [1.82, 2.24) is 0 Å². The first-order valence-corrected chi connectivity index (χ1v) is 17.6. The van der Waals surface area contributed by atoms with E-state index in [1.165, 1.54) is 76.1 Å². The van der Waals surface area contributed by atoms with E-state index in [1.807, 2.05) is 0 Å². The van der Waals surface area contributed by atoms with Crippen LogP contribution in [0.1, 0.15) is 0 Å². The topological polar surface area (TPSA) is 3.24 Å². The van der Waals surface area contributed by atoms with Crippen molar-refractivity contribution in [1.29, 1.82) is 0 Å². The first-order valence-electron chi connectivity index (χ1n) is 17.6. The molecule has 0 aliphatic rings. The van der Waals surface area contributed by atoms with Crippen LogP contribution >= 0.6 is 0 Å². The highest BCUT2D eigenvalue weighted by molar-refractivity contribution is 6.25. The van der Waals surface area contributed by atoms with Crippen molar-refractivity contribution in [2.45, 2.75) is 0 Å². The predicted octanol–water partition coefficient (Wildman–Crippen LogP) is 14.3. The Morgan fingerprint density at radius 3 is 1.37 bits per heavy atom. The molecule has 0 saturated carbocycles. The summed E-state index contributed by atoms with van der Waals surface area (Å²) in [6.45, 7) is 0. The van der Waals surface area contributed by atoms with E-state index in [0.29, 0.717) is 0 Å². The Morgan fingerprint density at radius 1 is 0.216 bits per heavy atom. The van der Waals surface area contributed by atoms with Gasteiger partial charge in [0.25, 0.3) is 0 Å². The molecule has 0 unspecified atom stereocenters. The van der Waals surface area contributed by atoms with Gasteiger partial charge in [-0.2, -0.15) is 0 Å². The molecule has 0 aliphatic heterocycles. The van der Waals surface area contributed by atoms with E-state index in [-0.39, 0.29) is 0 Å². The second kappa shape index (κ2) is 12.0. The standard InChI is InChI=1S/C50H33N/c1-2-11-34(12-3-1)35-21-23-36(24-22-35)38-14-10-15-40(31-38)51(41-27-29-44-39(32-41)26-25-37-13-4-5-16-43(37)44)42-28-30-49-47-19-7-6-17-45(47)46-18-8-9-20-48(46)50(49)33-42/h1-33H. The molecular weight excluding hydrogens is 615 g/mol. The minimum absolute atomic E-state index is 1.12. The Morgan fingerprint density at radius 2 is 0.667 bits per heavy atom. The van der Waals surface area contributed by atoms with Crippen molar-refractivity contribution in [3.63, 3.8) is 0 Å². The number of hydrogen-bond acceptors (Lipinski definition) is 1. The van der Waals surface area contributed by atoms with Crippen LogP contribution in [0, 0.1) is 0 Å². The summed E-state index contributed by atoms with van der Waals surface area (Å²) in [7, 11) is 0. The lowest BCUT2D eigenvalue weighted by Gasteiger charge is -2.27. The third kappa shape index (κ3) is 5.02. The minimum Gasteiger partial charge on any atom is -0.310 e. The lowest BCUT2D eigenvalue weighted by Crippen LogP contribution is -2.10. The molecule has 0 amide bonds. The molecule has 51 heavy (non-hydrogen) atoms. The van der Waals surface area contributed by atoms with Gasteiger partial charge in [-0.1, -0.05) is 164 Å². The van der Waals surface area contributed by atoms with Crippen molar-refractivity contribution < 1.29 is 0 Å². The van der Waals surface area contributed by atoms with E-state index in [4.69, 9.17) is 0 Å². The summed E-state index contributed by atoms with van der Waals surface area (Å²) in [5.74, 6) is 0. The number of benzene rings is 10. The van der Waals surface area contributed by atoms with Crippen molar-refractivity contribution in [3.05, 3.63) is 200 Å². The highest BCUT2D eigenvalue weighted by Gasteiger charge is 2.17. The zero-order valence-electron chi connectivity index (χ0n) is 28.0. The summed E-state index contributed by atoms with van der Waals surface area (Å²) in [5, 5.41) is 12.7. The maximum absolute atomic E-state index is 2.42. The Labute approximate surface area is 297 Å². The molecule has 0 radical (unpaired) electrons. The minimum atomic E-state index is 1.12. The molecule has 0 spiro atoms. The zero-order chi connectivity index (χ0) is 33.7. The molecule has 1 heteroatoms. The first-order chi connectivity index (χ1) is 25.3. The maximum atomic E-state index is 2.42. The third-order valence-corrected chi connectivity index (χ3v) is 10.4. The molecule has 10 aromatic carbocycles. The Kier molecular flexibility index (Phi) is 6.89. The van der Waals surface area contributed by atoms with Gasteiger partial charge in [0.2, 0.25) is 0 Å². The van der Waals surface area contributed by atoms with E-state index >= 15 is 0 Å². The monoisotopic (exact) mass is 647 g/mol. The van der Waals surface area contributed by atoms with Gasteiger partial charge in [-0.15, -0.1) is 0 Å². The van der Waals surface area contributed by atoms with Gasteiger partial charge >= 0.3 is 0 Å². The van der Waals surface area contributed by atoms with Crippen LogP contribution in [0.2, 0.25) is 0 Å². The van der Waals surface area contributed by atoms with Crippen LogP contribution in [0.25, 0.3) is 76.1 Å². The van der Waals surface area contributed by atoms with Crippen LogP contribution < -0.4 is 4.90 Å². The SMILES string of the molecule is c1ccc(-c2ccc(-c3cccc(N(c4ccc5c(ccc6ccccc65)c4)c4ccc5c6ccccc6c6ccccc6c5c4)c3)cc2)cc1. The zero-order valence-corrected chi connectivity index (χ0v) is 28.0. The molecule has 0 aliphatic carbocycles. The highest BCUT2D eigenvalue weighted by Crippen LogP contribution is 2.42. The van der Waals surface area contributed by atoms with Gasteiger partial charge < -0.3 is 4.90 Å². The fraction of sp³-hybridized carbons (Fsp3) is 0. The second-order valence-electron chi connectivity index (χ2n) is 13.3. The molecule has 0 N–H and O–H groups in total. The molecule has 0 aromatic heterocycles. The normalized spacial score (nSPS) is 11.5. The quantitative estimate of drug-likeness (QED) is 0.168. The number of anilines is 3. The summed E-state index contributed by atoms with van der Waals surface area (Å²) in [5.41, 5.74) is 8.18. The molecule has 238 valence electrons. The van der Waals surface area contributed by atoms with Crippen molar-refractivity contribution in [2.75, 3.05) is 4.90 Å². The summed E-state index contributed by atoms with van der Waals surface area (Å²) in [6.07, 6.45) is 0. The average Bonchev–Trinajstić information content (AvgIpc) is 3.21.